The number of rotatable bonds is 6. The van der Waals surface area contributed by atoms with E-state index in [-0.39, 0.29) is 18.9 Å². The van der Waals surface area contributed by atoms with Gasteiger partial charge in [-0.05, 0) is 24.6 Å². The molecule has 1 aliphatic rings. The number of esters is 1. The number of ether oxygens (including phenoxy) is 1. The first-order valence-corrected chi connectivity index (χ1v) is 10.1. The van der Waals surface area contributed by atoms with Crippen LogP contribution in [-0.4, -0.2) is 46.2 Å². The molecule has 1 aliphatic heterocycles. The van der Waals surface area contributed by atoms with Crippen molar-refractivity contribution in [1.29, 1.82) is 0 Å². The average molecular weight is 441 g/mol. The van der Waals surface area contributed by atoms with E-state index in [1.54, 1.807) is 29.7 Å². The second kappa shape index (κ2) is 8.39. The number of aryl methyl sites for hydroxylation is 1. The van der Waals surface area contributed by atoms with E-state index < -0.39 is 11.6 Å². The van der Waals surface area contributed by atoms with Gasteiger partial charge in [0.2, 0.25) is 5.60 Å². The predicted molar refractivity (Wildman–Crippen MR) is 115 cm³/mol. The molecule has 9 heteroatoms. The second-order valence-corrected chi connectivity index (χ2v) is 7.72. The summed E-state index contributed by atoms with van der Waals surface area (Å²) in [6.07, 6.45) is 2.28. The molecule has 3 heterocycles. The van der Waals surface area contributed by atoms with Gasteiger partial charge in [-0.1, -0.05) is 47.1 Å². The summed E-state index contributed by atoms with van der Waals surface area (Å²) in [7, 11) is 1.32. The summed E-state index contributed by atoms with van der Waals surface area (Å²) in [6, 6.07) is 12.9. The molecule has 4 rings (SSSR count). The molecule has 1 amide bonds. The molecule has 0 aliphatic carbocycles. The maximum Gasteiger partial charge on any atom is 0.353 e. The third-order valence-corrected chi connectivity index (χ3v) is 5.63. The van der Waals surface area contributed by atoms with Crippen LogP contribution >= 0.6 is 11.6 Å². The Kier molecular flexibility index (Phi) is 5.65. The Morgan fingerprint density at radius 3 is 2.77 bits per heavy atom. The minimum Gasteiger partial charge on any atom is -0.466 e. The summed E-state index contributed by atoms with van der Waals surface area (Å²) < 4.78 is 6.62. The van der Waals surface area contributed by atoms with Gasteiger partial charge in [0.25, 0.3) is 5.91 Å². The Morgan fingerprint density at radius 2 is 2.03 bits per heavy atom. The van der Waals surface area contributed by atoms with Crippen molar-refractivity contribution in [1.82, 2.24) is 14.7 Å². The third kappa shape index (κ3) is 3.98. The first-order chi connectivity index (χ1) is 14.9. The van der Waals surface area contributed by atoms with E-state index in [4.69, 9.17) is 21.2 Å². The lowest BCUT2D eigenvalue weighted by Crippen LogP contribution is -2.43. The number of nitrogens with one attached hydrogen (secondary N) is 1. The van der Waals surface area contributed by atoms with Crippen molar-refractivity contribution < 1.29 is 19.2 Å². The van der Waals surface area contributed by atoms with Crippen LogP contribution in [0, 0.1) is 6.92 Å². The van der Waals surface area contributed by atoms with Crippen molar-refractivity contribution in [3.8, 4) is 0 Å². The molecule has 0 fully saturated rings. The van der Waals surface area contributed by atoms with Crippen molar-refractivity contribution in [3.05, 3.63) is 70.6 Å². The highest BCUT2D eigenvalue weighted by Crippen LogP contribution is 2.30. The number of imidazole rings is 1. The number of hydrogen-bond donors (Lipinski definition) is 1. The van der Waals surface area contributed by atoms with Crippen LogP contribution in [-0.2, 0) is 20.8 Å². The zero-order chi connectivity index (χ0) is 22.0. The van der Waals surface area contributed by atoms with Crippen LogP contribution in [0.1, 0.15) is 28.0 Å². The zero-order valence-corrected chi connectivity index (χ0v) is 17.8. The smallest absolute Gasteiger partial charge is 0.353 e. The molecule has 160 valence electrons. The standard InChI is InChI=1S/C22H21ClN4O4/c1-14-18(23)27-10-6-9-17(19(27)25-14)20(28)24-13-16-12-22(31-26-16,21(29)30-2)11-15-7-4-3-5-8-15/h3-10H,11-13H2,1-2H3,(H,24,28). The molecule has 1 N–H and O–H groups in total. The fourth-order valence-electron chi connectivity index (χ4n) is 3.64. The lowest BCUT2D eigenvalue weighted by Gasteiger charge is -2.23. The van der Waals surface area contributed by atoms with Gasteiger partial charge in [-0.2, -0.15) is 0 Å². The van der Waals surface area contributed by atoms with Gasteiger partial charge >= 0.3 is 5.97 Å². The number of oxime groups is 1. The molecule has 1 aromatic carbocycles. The number of fused-ring (bicyclic) bond motifs is 1. The Labute approximate surface area is 183 Å². The first kappa shape index (κ1) is 20.9. The molecule has 0 bridgehead atoms. The van der Waals surface area contributed by atoms with Crippen LogP contribution in [0.15, 0.2) is 53.8 Å². The number of amides is 1. The Hall–Kier alpha value is -3.39. The van der Waals surface area contributed by atoms with E-state index in [9.17, 15) is 9.59 Å². The Morgan fingerprint density at radius 1 is 1.26 bits per heavy atom. The first-order valence-electron chi connectivity index (χ1n) is 9.71. The zero-order valence-electron chi connectivity index (χ0n) is 17.1. The van der Waals surface area contributed by atoms with Gasteiger partial charge in [0.1, 0.15) is 5.15 Å². The summed E-state index contributed by atoms with van der Waals surface area (Å²) in [5.41, 5.74) is 1.72. The molecule has 0 radical (unpaired) electrons. The predicted octanol–water partition coefficient (Wildman–Crippen LogP) is 2.96. The number of aromatic nitrogens is 2. The Bertz CT molecular complexity index is 1170. The summed E-state index contributed by atoms with van der Waals surface area (Å²) in [6.45, 7) is 1.90. The molecule has 1 atom stereocenters. The van der Waals surface area contributed by atoms with Crippen molar-refractivity contribution in [3.63, 3.8) is 0 Å². The fraction of sp³-hybridized carbons (Fsp3) is 0.273. The van der Waals surface area contributed by atoms with Crippen LogP contribution in [0.4, 0.5) is 0 Å². The summed E-state index contributed by atoms with van der Waals surface area (Å²) in [4.78, 5) is 35.2. The summed E-state index contributed by atoms with van der Waals surface area (Å²) in [5.74, 6) is -0.831. The van der Waals surface area contributed by atoms with Crippen LogP contribution in [0.3, 0.4) is 0 Å². The van der Waals surface area contributed by atoms with Crippen molar-refractivity contribution in [2.45, 2.75) is 25.4 Å². The molecule has 0 spiro atoms. The van der Waals surface area contributed by atoms with Crippen molar-refractivity contribution in [2.75, 3.05) is 13.7 Å². The topological polar surface area (TPSA) is 94.3 Å². The van der Waals surface area contributed by atoms with E-state index >= 15 is 0 Å². The molecular weight excluding hydrogens is 420 g/mol. The highest BCUT2D eigenvalue weighted by molar-refractivity contribution is 6.30. The van der Waals surface area contributed by atoms with E-state index in [0.29, 0.717) is 34.2 Å². The van der Waals surface area contributed by atoms with Crippen LogP contribution < -0.4 is 5.32 Å². The van der Waals surface area contributed by atoms with Gasteiger partial charge in [-0.15, -0.1) is 0 Å². The number of methoxy groups -OCH3 is 1. The monoisotopic (exact) mass is 440 g/mol. The lowest BCUT2D eigenvalue weighted by atomic mass is 9.89. The van der Waals surface area contributed by atoms with Gasteiger partial charge in [-0.25, -0.2) is 9.78 Å². The Balaban J connectivity index is 1.46. The van der Waals surface area contributed by atoms with Crippen molar-refractivity contribution >= 4 is 34.8 Å². The number of carbonyl (C=O) groups excluding carboxylic acids is 2. The molecule has 2 aromatic heterocycles. The van der Waals surface area contributed by atoms with Gasteiger partial charge in [0, 0.05) is 19.0 Å². The minimum absolute atomic E-state index is 0.126. The molecule has 8 nitrogen and oxygen atoms in total. The summed E-state index contributed by atoms with van der Waals surface area (Å²) in [5, 5.41) is 7.34. The number of carbonyl (C=O) groups is 2. The van der Waals surface area contributed by atoms with Crippen molar-refractivity contribution in [2.24, 2.45) is 5.16 Å². The van der Waals surface area contributed by atoms with E-state index in [0.717, 1.165) is 5.56 Å². The maximum atomic E-state index is 12.8. The van der Waals surface area contributed by atoms with E-state index in [1.165, 1.54) is 7.11 Å². The average Bonchev–Trinajstić information content (AvgIpc) is 3.33. The van der Waals surface area contributed by atoms with E-state index in [1.807, 2.05) is 30.3 Å². The normalized spacial score (nSPS) is 17.8. The second-order valence-electron chi connectivity index (χ2n) is 7.36. The quantitative estimate of drug-likeness (QED) is 0.595. The molecule has 0 saturated heterocycles. The lowest BCUT2D eigenvalue weighted by molar-refractivity contribution is -0.166. The number of benzene rings is 1. The van der Waals surface area contributed by atoms with Gasteiger partial charge in [0.15, 0.2) is 5.65 Å². The number of halogens is 1. The van der Waals surface area contributed by atoms with Gasteiger partial charge in [-0.3, -0.25) is 9.20 Å². The molecule has 31 heavy (non-hydrogen) atoms. The maximum absolute atomic E-state index is 12.8. The third-order valence-electron chi connectivity index (χ3n) is 5.18. The summed E-state index contributed by atoms with van der Waals surface area (Å²) >= 11 is 6.23. The van der Waals surface area contributed by atoms with Crippen LogP contribution in [0.5, 0.6) is 0 Å². The molecule has 0 saturated carbocycles. The van der Waals surface area contributed by atoms with Crippen LogP contribution in [0.2, 0.25) is 5.15 Å². The van der Waals surface area contributed by atoms with Gasteiger partial charge in [0.05, 0.1) is 30.6 Å². The number of pyridine rings is 1. The highest BCUT2D eigenvalue weighted by atomic mass is 35.5. The van der Waals surface area contributed by atoms with Gasteiger partial charge < -0.3 is 14.9 Å². The largest absolute Gasteiger partial charge is 0.466 e. The molecular formula is C22H21ClN4O4. The molecule has 3 aromatic rings. The fourth-order valence-corrected chi connectivity index (χ4v) is 3.81. The van der Waals surface area contributed by atoms with E-state index in [2.05, 4.69) is 15.5 Å². The molecule has 1 unspecified atom stereocenters. The SMILES string of the molecule is COC(=O)C1(Cc2ccccc2)CC(CNC(=O)c2cccn3c(Cl)c(C)nc23)=NO1. The number of hydrogen-bond acceptors (Lipinski definition) is 6. The minimum atomic E-state index is -1.25. The highest BCUT2D eigenvalue weighted by Gasteiger charge is 2.47. The number of nitrogens with zero attached hydrogens (tertiary/aromatic N) is 3. The van der Waals surface area contributed by atoms with Crippen LogP contribution in [0.25, 0.3) is 5.65 Å².